The monoisotopic (exact) mass is 219 g/mol. The molecular formula is C10H9N3O3. The molecule has 0 aliphatic carbocycles. The summed E-state index contributed by atoms with van der Waals surface area (Å²) >= 11 is 0. The number of nitrogens with zero attached hydrogens (tertiary/aromatic N) is 1. The van der Waals surface area contributed by atoms with Gasteiger partial charge in [0, 0.05) is 17.3 Å². The molecule has 0 saturated heterocycles. The van der Waals surface area contributed by atoms with E-state index in [1.807, 2.05) is 0 Å². The van der Waals surface area contributed by atoms with Crippen LogP contribution >= 0.6 is 0 Å². The highest BCUT2D eigenvalue weighted by Gasteiger charge is 2.13. The molecule has 0 aliphatic rings. The molecule has 0 fully saturated rings. The number of pyridine rings is 1. The van der Waals surface area contributed by atoms with E-state index in [9.17, 15) is 9.59 Å². The predicted octanol–water partition coefficient (Wildman–Crippen LogP) is -0.00430. The second kappa shape index (κ2) is 3.27. The summed E-state index contributed by atoms with van der Waals surface area (Å²) in [4.78, 5) is 22.5. The van der Waals surface area contributed by atoms with Crippen LogP contribution < -0.4 is 17.0 Å². The van der Waals surface area contributed by atoms with Crippen LogP contribution in [0.5, 0.6) is 0 Å². The molecule has 1 aromatic carbocycles. The highest BCUT2D eigenvalue weighted by Crippen LogP contribution is 2.13. The van der Waals surface area contributed by atoms with Crippen LogP contribution in [0.2, 0.25) is 0 Å². The van der Waals surface area contributed by atoms with Gasteiger partial charge in [-0.05, 0) is 18.2 Å². The number of aromatic nitrogens is 1. The van der Waals surface area contributed by atoms with E-state index in [-0.39, 0.29) is 10.9 Å². The van der Waals surface area contributed by atoms with E-state index >= 15 is 0 Å². The topological polar surface area (TPSA) is 111 Å². The minimum atomic E-state index is -1.30. The Morgan fingerprint density at radius 3 is 2.69 bits per heavy atom. The third-order valence-electron chi connectivity index (χ3n) is 2.29. The van der Waals surface area contributed by atoms with Crippen molar-refractivity contribution in [2.75, 3.05) is 11.6 Å². The van der Waals surface area contributed by atoms with Crippen molar-refractivity contribution in [2.24, 2.45) is 0 Å². The van der Waals surface area contributed by atoms with Crippen LogP contribution in [0.4, 0.5) is 5.69 Å². The molecule has 6 heteroatoms. The van der Waals surface area contributed by atoms with Crippen molar-refractivity contribution in [3.63, 3.8) is 0 Å². The van der Waals surface area contributed by atoms with Gasteiger partial charge in [-0.1, -0.05) is 0 Å². The van der Waals surface area contributed by atoms with Crippen molar-refractivity contribution in [1.82, 2.24) is 4.68 Å². The number of carboxylic acid groups (broad SMARTS) is 1. The second-order valence-electron chi connectivity index (χ2n) is 3.36. The van der Waals surface area contributed by atoms with Crippen molar-refractivity contribution in [2.45, 2.75) is 0 Å². The van der Waals surface area contributed by atoms with E-state index in [0.717, 1.165) is 10.9 Å². The Morgan fingerprint density at radius 1 is 1.38 bits per heavy atom. The van der Waals surface area contributed by atoms with E-state index < -0.39 is 11.4 Å². The molecule has 1 aromatic heterocycles. The maximum atomic E-state index is 11.7. The number of hydrogen-bond donors (Lipinski definition) is 3. The highest BCUT2D eigenvalue weighted by molar-refractivity contribution is 5.93. The average Bonchev–Trinajstić information content (AvgIpc) is 2.22. The first-order valence-corrected chi connectivity index (χ1v) is 4.44. The summed E-state index contributed by atoms with van der Waals surface area (Å²) in [7, 11) is 0. The van der Waals surface area contributed by atoms with Crippen LogP contribution in [-0.4, -0.2) is 15.8 Å². The molecule has 0 amide bonds. The van der Waals surface area contributed by atoms with Gasteiger partial charge in [-0.3, -0.25) is 9.47 Å². The molecule has 0 spiro atoms. The summed E-state index contributed by atoms with van der Waals surface area (Å²) < 4.78 is 1.08. The Labute approximate surface area is 89.7 Å². The molecule has 16 heavy (non-hydrogen) atoms. The number of carbonyl (C=O) groups is 1. The van der Waals surface area contributed by atoms with E-state index in [2.05, 4.69) is 0 Å². The zero-order valence-corrected chi connectivity index (χ0v) is 8.18. The summed E-state index contributed by atoms with van der Waals surface area (Å²) in [6.45, 7) is 0. The largest absolute Gasteiger partial charge is 0.477 e. The van der Waals surface area contributed by atoms with Crippen molar-refractivity contribution in [1.29, 1.82) is 0 Å². The Bertz CT molecular complexity index is 646. The first kappa shape index (κ1) is 10.0. The number of rotatable bonds is 1. The first-order chi connectivity index (χ1) is 7.50. The quantitative estimate of drug-likeness (QED) is 0.461. The van der Waals surface area contributed by atoms with Gasteiger partial charge >= 0.3 is 5.97 Å². The molecule has 0 atom stereocenters. The van der Waals surface area contributed by atoms with Gasteiger partial charge in [0.15, 0.2) is 0 Å². The van der Waals surface area contributed by atoms with E-state index in [0.29, 0.717) is 11.2 Å². The lowest BCUT2D eigenvalue weighted by molar-refractivity contribution is 0.0695. The first-order valence-electron chi connectivity index (χ1n) is 4.44. The van der Waals surface area contributed by atoms with Crippen LogP contribution in [0.25, 0.3) is 10.9 Å². The smallest absolute Gasteiger partial charge is 0.341 e. The lowest BCUT2D eigenvalue weighted by Gasteiger charge is -2.07. The normalized spacial score (nSPS) is 10.5. The Kier molecular flexibility index (Phi) is 2.05. The predicted molar refractivity (Wildman–Crippen MR) is 59.7 cm³/mol. The number of aromatic carboxylic acids is 1. The van der Waals surface area contributed by atoms with Gasteiger partial charge < -0.3 is 16.7 Å². The van der Waals surface area contributed by atoms with Gasteiger partial charge in [0.05, 0.1) is 5.52 Å². The lowest BCUT2D eigenvalue weighted by atomic mass is 10.1. The summed E-state index contributed by atoms with van der Waals surface area (Å²) in [5.74, 6) is 4.29. The van der Waals surface area contributed by atoms with Gasteiger partial charge in [-0.2, -0.15) is 0 Å². The molecular weight excluding hydrogens is 210 g/mol. The third kappa shape index (κ3) is 1.36. The summed E-state index contributed by atoms with van der Waals surface area (Å²) in [5.41, 5.74) is 5.48. The molecule has 6 nitrogen and oxygen atoms in total. The van der Waals surface area contributed by atoms with Crippen LogP contribution in [0.15, 0.2) is 29.2 Å². The van der Waals surface area contributed by atoms with Gasteiger partial charge in [-0.25, -0.2) is 4.79 Å². The molecule has 0 radical (unpaired) electrons. The molecule has 2 aromatic rings. The minimum absolute atomic E-state index is 0.233. The Balaban J connectivity index is 2.96. The fourth-order valence-electron chi connectivity index (χ4n) is 1.52. The second-order valence-corrected chi connectivity index (χ2v) is 3.36. The molecule has 82 valence electrons. The van der Waals surface area contributed by atoms with Crippen LogP contribution in [0.3, 0.4) is 0 Å². The molecule has 0 unspecified atom stereocenters. The number of fused-ring (bicyclic) bond motifs is 1. The Morgan fingerprint density at radius 2 is 2.06 bits per heavy atom. The Hall–Kier alpha value is -2.50. The standard InChI is InChI=1S/C10H9N3O3/c11-5-1-2-6-8(3-5)13(12)4-7(9(6)14)10(15)16/h1-4H,11-12H2,(H,15,16). The maximum Gasteiger partial charge on any atom is 0.341 e. The lowest BCUT2D eigenvalue weighted by Crippen LogP contribution is -2.22. The molecule has 0 aliphatic heterocycles. The van der Waals surface area contributed by atoms with Gasteiger partial charge in [-0.15, -0.1) is 0 Å². The number of anilines is 1. The van der Waals surface area contributed by atoms with Crippen molar-refractivity contribution >= 4 is 22.6 Å². The third-order valence-corrected chi connectivity index (χ3v) is 2.29. The van der Waals surface area contributed by atoms with Gasteiger partial charge in [0.1, 0.15) is 5.56 Å². The number of nitrogen functional groups attached to an aromatic ring is 2. The maximum absolute atomic E-state index is 11.7. The highest BCUT2D eigenvalue weighted by atomic mass is 16.4. The minimum Gasteiger partial charge on any atom is -0.477 e. The molecule has 5 N–H and O–H groups in total. The van der Waals surface area contributed by atoms with Crippen molar-refractivity contribution < 1.29 is 9.90 Å². The average molecular weight is 219 g/mol. The SMILES string of the molecule is Nc1ccc2c(=O)c(C(=O)O)cn(N)c2c1. The number of benzene rings is 1. The van der Waals surface area contributed by atoms with Gasteiger partial charge in [0.25, 0.3) is 0 Å². The molecule has 0 saturated carbocycles. The zero-order valence-electron chi connectivity index (χ0n) is 8.18. The van der Waals surface area contributed by atoms with Crippen molar-refractivity contribution in [3.8, 4) is 0 Å². The number of hydrogen-bond acceptors (Lipinski definition) is 4. The van der Waals surface area contributed by atoms with Gasteiger partial charge in [0.2, 0.25) is 5.43 Å². The van der Waals surface area contributed by atoms with Crippen LogP contribution in [0, 0.1) is 0 Å². The number of nitrogens with two attached hydrogens (primary N) is 2. The zero-order chi connectivity index (χ0) is 11.9. The molecule has 2 rings (SSSR count). The summed E-state index contributed by atoms with van der Waals surface area (Å²) in [6.07, 6.45) is 1.08. The molecule has 0 bridgehead atoms. The van der Waals surface area contributed by atoms with E-state index in [1.54, 1.807) is 0 Å². The van der Waals surface area contributed by atoms with Crippen LogP contribution in [0.1, 0.15) is 10.4 Å². The molecule has 1 heterocycles. The fourth-order valence-corrected chi connectivity index (χ4v) is 1.52. The summed E-state index contributed by atoms with van der Waals surface area (Å²) in [6, 6.07) is 4.50. The van der Waals surface area contributed by atoms with Crippen molar-refractivity contribution in [3.05, 3.63) is 40.2 Å². The summed E-state index contributed by atoms with van der Waals surface area (Å²) in [5, 5.41) is 9.04. The fraction of sp³-hybridized carbons (Fsp3) is 0. The van der Waals surface area contributed by atoms with Crippen LogP contribution in [-0.2, 0) is 0 Å². The number of carboxylic acids is 1. The van der Waals surface area contributed by atoms with E-state index in [4.69, 9.17) is 16.7 Å². The van der Waals surface area contributed by atoms with E-state index in [1.165, 1.54) is 18.2 Å².